The number of hydrogen-bond donors (Lipinski definition) is 2. The fourth-order valence-electron chi connectivity index (χ4n) is 2.83. The maximum atomic E-state index is 12.4. The molecule has 1 atom stereocenters. The molecule has 3 rings (SSSR count). The van der Waals surface area contributed by atoms with Crippen molar-refractivity contribution in [2.24, 2.45) is 0 Å². The van der Waals surface area contributed by atoms with E-state index in [-0.39, 0.29) is 23.5 Å². The van der Waals surface area contributed by atoms with E-state index in [1.54, 1.807) is 0 Å². The van der Waals surface area contributed by atoms with Crippen LogP contribution in [-0.4, -0.2) is 31.3 Å². The van der Waals surface area contributed by atoms with Gasteiger partial charge in [0.1, 0.15) is 0 Å². The summed E-state index contributed by atoms with van der Waals surface area (Å²) in [5, 5.41) is 7.59. The summed E-state index contributed by atoms with van der Waals surface area (Å²) in [5.74, 6) is 0. The highest BCUT2D eigenvalue weighted by molar-refractivity contribution is 7.89. The summed E-state index contributed by atoms with van der Waals surface area (Å²) in [5.41, 5.74) is 2.45. The highest BCUT2D eigenvalue weighted by Gasteiger charge is 2.23. The number of benzene rings is 1. The lowest BCUT2D eigenvalue weighted by atomic mass is 9.95. The van der Waals surface area contributed by atoms with E-state index in [2.05, 4.69) is 27.3 Å². The van der Waals surface area contributed by atoms with Crippen LogP contribution >= 0.6 is 12.4 Å². The third kappa shape index (κ3) is 3.74. The molecule has 1 aliphatic rings. The molecule has 0 amide bonds. The van der Waals surface area contributed by atoms with Crippen molar-refractivity contribution in [2.45, 2.75) is 31.0 Å². The fraction of sp³-hybridized carbons (Fsp3) is 0.400. The van der Waals surface area contributed by atoms with Crippen molar-refractivity contribution in [1.29, 1.82) is 0 Å². The van der Waals surface area contributed by atoms with E-state index in [9.17, 15) is 8.42 Å². The van der Waals surface area contributed by atoms with Crippen molar-refractivity contribution < 1.29 is 8.42 Å². The molecule has 0 saturated carbocycles. The molecule has 0 radical (unpaired) electrons. The van der Waals surface area contributed by atoms with Gasteiger partial charge in [0, 0.05) is 19.1 Å². The van der Waals surface area contributed by atoms with Crippen LogP contribution < -0.4 is 10.0 Å². The van der Waals surface area contributed by atoms with Gasteiger partial charge in [-0.2, -0.15) is 5.10 Å². The number of hydrogen-bond acceptors (Lipinski definition) is 4. The average Bonchev–Trinajstić information content (AvgIpc) is 3.02. The van der Waals surface area contributed by atoms with E-state index >= 15 is 0 Å². The Morgan fingerprint density at radius 3 is 2.91 bits per heavy atom. The van der Waals surface area contributed by atoms with Gasteiger partial charge in [0.15, 0.2) is 5.03 Å². The molecule has 2 aromatic rings. The van der Waals surface area contributed by atoms with Crippen LogP contribution in [0.2, 0.25) is 0 Å². The number of halogens is 1. The van der Waals surface area contributed by atoms with Crippen LogP contribution in [0.15, 0.2) is 41.6 Å². The number of nitrogens with zero attached hydrogens (tertiary/aromatic N) is 2. The Kier molecular flexibility index (Phi) is 5.80. The van der Waals surface area contributed by atoms with Crippen LogP contribution in [0.1, 0.15) is 24.1 Å². The summed E-state index contributed by atoms with van der Waals surface area (Å²) in [6, 6.07) is 9.68. The zero-order valence-electron chi connectivity index (χ0n) is 12.9. The Balaban J connectivity index is 0.00000192. The molecule has 1 aromatic carbocycles. The van der Waals surface area contributed by atoms with Gasteiger partial charge in [-0.05, 0) is 37.1 Å². The maximum Gasteiger partial charge on any atom is 0.257 e. The fourth-order valence-corrected chi connectivity index (χ4v) is 4.06. The van der Waals surface area contributed by atoms with Crippen LogP contribution in [-0.2, 0) is 23.0 Å². The molecule has 0 bridgehead atoms. The zero-order chi connectivity index (χ0) is 15.6. The van der Waals surface area contributed by atoms with Crippen molar-refractivity contribution in [3.05, 3.63) is 47.7 Å². The Hall–Kier alpha value is -1.41. The van der Waals surface area contributed by atoms with Crippen molar-refractivity contribution >= 4 is 22.4 Å². The number of nitrogens with one attached hydrogen (secondary N) is 2. The summed E-state index contributed by atoms with van der Waals surface area (Å²) in [6.45, 7) is 3.57. The lowest BCUT2D eigenvalue weighted by Gasteiger charge is -2.27. The van der Waals surface area contributed by atoms with Gasteiger partial charge in [-0.25, -0.2) is 13.1 Å². The number of fused-ring (bicyclic) bond motifs is 1. The quantitative estimate of drug-likeness (QED) is 0.851. The van der Waals surface area contributed by atoms with Crippen LogP contribution in [0.4, 0.5) is 0 Å². The van der Waals surface area contributed by atoms with Crippen LogP contribution in [0.5, 0.6) is 0 Å². The van der Waals surface area contributed by atoms with Crippen LogP contribution in [0.25, 0.3) is 0 Å². The molecule has 0 fully saturated rings. The number of sulfonamides is 1. The largest absolute Gasteiger partial charge is 0.308 e. The maximum absolute atomic E-state index is 12.4. The standard InChI is InChI=1S/C15H20N4O2S.ClH/c1-2-19-15(8-10-17-19)22(20,21)18-11-14-13-6-4-3-5-12(13)7-9-16-14;/h3-6,8,10,14,16,18H,2,7,9,11H2,1H3;1H. The molecular weight excluding hydrogens is 336 g/mol. The Labute approximate surface area is 142 Å². The first-order chi connectivity index (χ1) is 10.6. The molecule has 0 aliphatic carbocycles. The normalized spacial score (nSPS) is 17.3. The molecule has 1 aromatic heterocycles. The lowest BCUT2D eigenvalue weighted by molar-refractivity contribution is 0.487. The van der Waals surface area contributed by atoms with Gasteiger partial charge in [-0.3, -0.25) is 4.68 Å². The summed E-state index contributed by atoms with van der Waals surface area (Å²) in [6.07, 6.45) is 2.48. The van der Waals surface area contributed by atoms with E-state index in [1.165, 1.54) is 28.1 Å². The first-order valence-corrected chi connectivity index (χ1v) is 8.93. The monoisotopic (exact) mass is 356 g/mol. The minimum Gasteiger partial charge on any atom is -0.308 e. The van der Waals surface area contributed by atoms with Gasteiger partial charge in [-0.15, -0.1) is 12.4 Å². The minimum absolute atomic E-state index is 0. The van der Waals surface area contributed by atoms with E-state index in [1.807, 2.05) is 19.1 Å². The molecule has 1 aliphatic heterocycles. The Morgan fingerprint density at radius 1 is 1.35 bits per heavy atom. The first kappa shape index (κ1) is 17.9. The third-order valence-corrected chi connectivity index (χ3v) is 5.39. The van der Waals surface area contributed by atoms with Gasteiger partial charge in [0.05, 0.1) is 6.20 Å². The molecule has 23 heavy (non-hydrogen) atoms. The second kappa shape index (κ2) is 7.44. The summed E-state index contributed by atoms with van der Waals surface area (Å²) in [7, 11) is -3.55. The molecule has 8 heteroatoms. The number of aromatic nitrogens is 2. The van der Waals surface area contributed by atoms with Gasteiger partial charge in [-0.1, -0.05) is 24.3 Å². The van der Waals surface area contributed by atoms with Gasteiger partial charge < -0.3 is 5.32 Å². The molecule has 1 unspecified atom stereocenters. The summed E-state index contributed by atoms with van der Waals surface area (Å²) in [4.78, 5) is 0. The molecule has 2 heterocycles. The van der Waals surface area contributed by atoms with Gasteiger partial charge in [0.2, 0.25) is 0 Å². The molecule has 0 spiro atoms. The lowest BCUT2D eigenvalue weighted by Crippen LogP contribution is -2.39. The highest BCUT2D eigenvalue weighted by atomic mass is 35.5. The molecular formula is C15H21ClN4O2S. The van der Waals surface area contributed by atoms with Crippen LogP contribution in [0, 0.1) is 0 Å². The van der Waals surface area contributed by atoms with Crippen molar-refractivity contribution in [2.75, 3.05) is 13.1 Å². The highest BCUT2D eigenvalue weighted by Crippen LogP contribution is 2.22. The van der Waals surface area contributed by atoms with Gasteiger partial charge >= 0.3 is 0 Å². The van der Waals surface area contributed by atoms with Gasteiger partial charge in [0.25, 0.3) is 10.0 Å². The van der Waals surface area contributed by atoms with Crippen molar-refractivity contribution in [1.82, 2.24) is 19.8 Å². The van der Waals surface area contributed by atoms with E-state index in [4.69, 9.17) is 0 Å². The summed E-state index contributed by atoms with van der Waals surface area (Å²) < 4.78 is 29.0. The SMILES string of the molecule is CCn1nccc1S(=O)(=O)NCC1NCCc2ccccc21.Cl. The van der Waals surface area contributed by atoms with Crippen LogP contribution in [0.3, 0.4) is 0 Å². The first-order valence-electron chi connectivity index (χ1n) is 7.44. The van der Waals surface area contributed by atoms with E-state index < -0.39 is 10.0 Å². The second-order valence-electron chi connectivity index (χ2n) is 5.29. The third-order valence-electron chi connectivity index (χ3n) is 3.95. The smallest absolute Gasteiger partial charge is 0.257 e. The molecule has 2 N–H and O–H groups in total. The predicted octanol–water partition coefficient (Wildman–Crippen LogP) is 1.49. The minimum atomic E-state index is -3.55. The Morgan fingerprint density at radius 2 is 2.13 bits per heavy atom. The number of aryl methyl sites for hydroxylation is 1. The second-order valence-corrected chi connectivity index (χ2v) is 7.01. The van der Waals surface area contributed by atoms with Crippen molar-refractivity contribution in [3.8, 4) is 0 Å². The average molecular weight is 357 g/mol. The molecule has 0 saturated heterocycles. The summed E-state index contributed by atoms with van der Waals surface area (Å²) >= 11 is 0. The Bertz CT molecular complexity index is 760. The number of rotatable bonds is 5. The zero-order valence-corrected chi connectivity index (χ0v) is 14.5. The van der Waals surface area contributed by atoms with E-state index in [0.717, 1.165) is 13.0 Å². The predicted molar refractivity (Wildman–Crippen MR) is 91.2 cm³/mol. The molecule has 6 nitrogen and oxygen atoms in total. The topological polar surface area (TPSA) is 76.0 Å². The van der Waals surface area contributed by atoms with Crippen molar-refractivity contribution in [3.63, 3.8) is 0 Å². The van der Waals surface area contributed by atoms with E-state index in [0.29, 0.717) is 13.1 Å². The molecule has 126 valence electrons.